The Kier molecular flexibility index (Phi) is 6.30. The maximum atomic E-state index is 12.3. The Bertz CT molecular complexity index is 992. The van der Waals surface area contributed by atoms with Crippen LogP contribution >= 0.6 is 0 Å². The van der Waals surface area contributed by atoms with Gasteiger partial charge >= 0.3 is 5.97 Å². The Morgan fingerprint density at radius 3 is 2.30 bits per heavy atom. The third-order valence-corrected chi connectivity index (χ3v) is 5.56. The molecule has 0 aliphatic heterocycles. The number of carbonyl (C=O) groups is 2. The van der Waals surface area contributed by atoms with Crippen LogP contribution in [0.4, 0.5) is 0 Å². The summed E-state index contributed by atoms with van der Waals surface area (Å²) in [6.45, 7) is 5.15. The summed E-state index contributed by atoms with van der Waals surface area (Å²) in [5.74, 6) is -1.53. The number of aryl methyl sites for hydroxylation is 2. The molecule has 0 aliphatic carbocycles. The number of ketones is 1. The van der Waals surface area contributed by atoms with Crippen LogP contribution in [0.1, 0.15) is 34.0 Å². The van der Waals surface area contributed by atoms with Gasteiger partial charge in [-0.25, -0.2) is 8.42 Å². The molecule has 2 N–H and O–H groups in total. The van der Waals surface area contributed by atoms with Crippen molar-refractivity contribution in [2.75, 3.05) is 0 Å². The number of nitrogens with one attached hydrogen (secondary N) is 1. The van der Waals surface area contributed by atoms with Gasteiger partial charge in [-0.1, -0.05) is 29.8 Å². The Hall–Kier alpha value is -2.77. The van der Waals surface area contributed by atoms with Crippen LogP contribution in [0.15, 0.2) is 53.4 Å². The fourth-order valence-electron chi connectivity index (χ4n) is 2.35. The van der Waals surface area contributed by atoms with Crippen molar-refractivity contribution in [2.45, 2.75) is 31.7 Å². The standard InChI is InChI=1S/C20H21NO5S/c1-13-4-5-14(2)17(12-13)8-11-19(22)16-6-9-18(10-7-16)27(25,26)21-15(3)20(23)24/h4-12,15,21H,1-3H3,(H,23,24)/b11-8+/t15-/m0/s1. The summed E-state index contributed by atoms with van der Waals surface area (Å²) in [5.41, 5.74) is 3.41. The van der Waals surface area contributed by atoms with Crippen LogP contribution in [0.5, 0.6) is 0 Å². The lowest BCUT2D eigenvalue weighted by atomic mass is 10.0. The molecule has 0 saturated carbocycles. The van der Waals surface area contributed by atoms with Gasteiger partial charge in [-0.05, 0) is 62.2 Å². The zero-order chi connectivity index (χ0) is 20.2. The Morgan fingerprint density at radius 1 is 1.07 bits per heavy atom. The van der Waals surface area contributed by atoms with E-state index in [4.69, 9.17) is 5.11 Å². The first-order valence-corrected chi connectivity index (χ1v) is 9.73. The molecule has 0 fully saturated rings. The molecular weight excluding hydrogens is 366 g/mol. The zero-order valence-electron chi connectivity index (χ0n) is 15.3. The number of hydrogen-bond donors (Lipinski definition) is 2. The molecule has 0 unspecified atom stereocenters. The molecule has 0 bridgehead atoms. The van der Waals surface area contributed by atoms with Gasteiger partial charge in [0.1, 0.15) is 6.04 Å². The van der Waals surface area contributed by atoms with Gasteiger partial charge in [0, 0.05) is 5.56 Å². The number of allylic oxidation sites excluding steroid dienone is 1. The number of carbonyl (C=O) groups excluding carboxylic acids is 1. The molecule has 0 aliphatic rings. The van der Waals surface area contributed by atoms with Crippen molar-refractivity contribution in [1.29, 1.82) is 0 Å². The normalized spacial score (nSPS) is 12.9. The highest BCUT2D eigenvalue weighted by Gasteiger charge is 2.21. The number of benzene rings is 2. The van der Waals surface area contributed by atoms with E-state index in [0.717, 1.165) is 16.7 Å². The highest BCUT2D eigenvalue weighted by Crippen LogP contribution is 2.15. The van der Waals surface area contributed by atoms with Gasteiger partial charge in [0.2, 0.25) is 10.0 Å². The first-order valence-electron chi connectivity index (χ1n) is 8.25. The molecule has 2 aromatic carbocycles. The topological polar surface area (TPSA) is 101 Å². The molecule has 1 atom stereocenters. The van der Waals surface area contributed by atoms with E-state index in [2.05, 4.69) is 4.72 Å². The van der Waals surface area contributed by atoms with E-state index in [1.54, 1.807) is 6.08 Å². The molecule has 7 heteroatoms. The predicted molar refractivity (Wildman–Crippen MR) is 103 cm³/mol. The second-order valence-corrected chi connectivity index (χ2v) is 7.98. The molecule has 0 heterocycles. The van der Waals surface area contributed by atoms with E-state index >= 15 is 0 Å². The van der Waals surface area contributed by atoms with E-state index in [1.807, 2.05) is 32.0 Å². The minimum Gasteiger partial charge on any atom is -0.480 e. The van der Waals surface area contributed by atoms with Crippen molar-refractivity contribution in [2.24, 2.45) is 0 Å². The van der Waals surface area contributed by atoms with Gasteiger partial charge in [-0.2, -0.15) is 4.72 Å². The number of rotatable bonds is 7. The van der Waals surface area contributed by atoms with Crippen LogP contribution in [0.3, 0.4) is 0 Å². The predicted octanol–water partition coefficient (Wildman–Crippen LogP) is 2.95. The smallest absolute Gasteiger partial charge is 0.321 e. The first-order chi connectivity index (χ1) is 12.6. The molecular formula is C20H21NO5S. The number of carboxylic acid groups (broad SMARTS) is 1. The number of aliphatic carboxylic acids is 1. The van der Waals surface area contributed by atoms with Crippen molar-refractivity contribution in [1.82, 2.24) is 4.72 Å². The summed E-state index contributed by atoms with van der Waals surface area (Å²) in [5, 5.41) is 8.82. The van der Waals surface area contributed by atoms with E-state index in [0.29, 0.717) is 5.56 Å². The summed E-state index contributed by atoms with van der Waals surface area (Å²) in [6, 6.07) is 10.0. The number of carboxylic acids is 1. The Labute approximate surface area is 158 Å². The molecule has 0 saturated heterocycles. The monoisotopic (exact) mass is 387 g/mol. The van der Waals surface area contributed by atoms with Crippen molar-refractivity contribution < 1.29 is 23.1 Å². The van der Waals surface area contributed by atoms with Crippen LogP contribution < -0.4 is 4.72 Å². The highest BCUT2D eigenvalue weighted by atomic mass is 32.2. The van der Waals surface area contributed by atoms with E-state index in [9.17, 15) is 18.0 Å². The van der Waals surface area contributed by atoms with E-state index < -0.39 is 22.0 Å². The SMILES string of the molecule is Cc1ccc(C)c(/C=C/C(=O)c2ccc(S(=O)(=O)N[C@@H](C)C(=O)O)cc2)c1. The molecule has 2 aromatic rings. The minimum absolute atomic E-state index is 0.106. The molecule has 0 amide bonds. The van der Waals surface area contributed by atoms with Crippen molar-refractivity contribution in [3.05, 3.63) is 70.8 Å². The van der Waals surface area contributed by atoms with Crippen LogP contribution in [0, 0.1) is 13.8 Å². The quantitative estimate of drug-likeness (QED) is 0.562. The third-order valence-electron chi connectivity index (χ3n) is 4.00. The molecule has 0 radical (unpaired) electrons. The molecule has 0 aromatic heterocycles. The maximum absolute atomic E-state index is 12.3. The lowest BCUT2D eigenvalue weighted by Crippen LogP contribution is -2.38. The van der Waals surface area contributed by atoms with Crippen molar-refractivity contribution >= 4 is 27.9 Å². The fraction of sp³-hybridized carbons (Fsp3) is 0.200. The fourth-order valence-corrected chi connectivity index (χ4v) is 3.55. The number of hydrogen-bond acceptors (Lipinski definition) is 4. The van der Waals surface area contributed by atoms with Crippen molar-refractivity contribution in [3.8, 4) is 0 Å². The number of sulfonamides is 1. The van der Waals surface area contributed by atoms with Gasteiger partial charge in [0.15, 0.2) is 5.78 Å². The lowest BCUT2D eigenvalue weighted by molar-refractivity contribution is -0.138. The summed E-state index contributed by atoms with van der Waals surface area (Å²) in [4.78, 5) is 23.0. The molecule has 6 nitrogen and oxygen atoms in total. The summed E-state index contributed by atoms with van der Waals surface area (Å²) in [7, 11) is -3.97. The van der Waals surface area contributed by atoms with Gasteiger partial charge in [0.05, 0.1) is 4.90 Å². The zero-order valence-corrected chi connectivity index (χ0v) is 16.1. The summed E-state index contributed by atoms with van der Waals surface area (Å²) in [6.07, 6.45) is 3.17. The first kappa shape index (κ1) is 20.5. The molecule has 2 rings (SSSR count). The van der Waals surface area contributed by atoms with Crippen LogP contribution in [0.2, 0.25) is 0 Å². The minimum atomic E-state index is -3.97. The Balaban J connectivity index is 2.17. The lowest BCUT2D eigenvalue weighted by Gasteiger charge is -2.10. The van der Waals surface area contributed by atoms with Crippen LogP contribution in [0.25, 0.3) is 6.08 Å². The summed E-state index contributed by atoms with van der Waals surface area (Å²) >= 11 is 0. The van der Waals surface area contributed by atoms with Gasteiger partial charge in [-0.15, -0.1) is 0 Å². The second-order valence-electron chi connectivity index (χ2n) is 6.26. The second kappa shape index (κ2) is 8.28. The van der Waals surface area contributed by atoms with Gasteiger partial charge in [0.25, 0.3) is 0 Å². The van der Waals surface area contributed by atoms with Gasteiger partial charge < -0.3 is 5.11 Å². The van der Waals surface area contributed by atoms with Crippen molar-refractivity contribution in [3.63, 3.8) is 0 Å². The largest absolute Gasteiger partial charge is 0.480 e. The molecule has 0 spiro atoms. The van der Waals surface area contributed by atoms with Crippen LogP contribution in [-0.4, -0.2) is 31.3 Å². The Morgan fingerprint density at radius 2 is 1.70 bits per heavy atom. The summed E-state index contributed by atoms with van der Waals surface area (Å²) < 4.78 is 26.3. The van der Waals surface area contributed by atoms with Crippen LogP contribution in [-0.2, 0) is 14.8 Å². The third kappa shape index (κ3) is 5.35. The highest BCUT2D eigenvalue weighted by molar-refractivity contribution is 7.89. The van der Waals surface area contributed by atoms with Gasteiger partial charge in [-0.3, -0.25) is 9.59 Å². The maximum Gasteiger partial charge on any atom is 0.321 e. The average Bonchev–Trinajstić information content (AvgIpc) is 2.61. The van der Waals surface area contributed by atoms with E-state index in [1.165, 1.54) is 37.3 Å². The molecule has 27 heavy (non-hydrogen) atoms. The van der Waals surface area contributed by atoms with E-state index in [-0.39, 0.29) is 10.7 Å². The molecule has 142 valence electrons. The average molecular weight is 387 g/mol.